The molecule has 0 radical (unpaired) electrons. The van der Waals surface area contributed by atoms with E-state index in [0.29, 0.717) is 0 Å². The lowest BCUT2D eigenvalue weighted by molar-refractivity contribution is 0.823. The van der Waals surface area contributed by atoms with Crippen LogP contribution in [0.4, 0.5) is 5.69 Å². The standard InChI is InChI=1S/C16H16N4/c1-10-19-14-5-3-2-4-13(14)16(20-10)15(18)11-6-8-12(17)9-7-11/h2-9,15H,17-18H2,1H3. The predicted octanol–water partition coefficient (Wildman–Crippen LogP) is 2.57. The summed E-state index contributed by atoms with van der Waals surface area (Å²) >= 11 is 0. The van der Waals surface area contributed by atoms with Crippen molar-refractivity contribution in [2.24, 2.45) is 5.73 Å². The molecule has 4 heteroatoms. The van der Waals surface area contributed by atoms with Gasteiger partial charge in [-0.05, 0) is 30.7 Å². The first-order chi connectivity index (χ1) is 9.65. The van der Waals surface area contributed by atoms with Gasteiger partial charge < -0.3 is 11.5 Å². The molecule has 0 aliphatic carbocycles. The fourth-order valence-corrected chi connectivity index (χ4v) is 2.32. The van der Waals surface area contributed by atoms with Crippen LogP contribution in [0.3, 0.4) is 0 Å². The first kappa shape index (κ1) is 12.6. The third-order valence-electron chi connectivity index (χ3n) is 3.33. The molecule has 3 aromatic rings. The van der Waals surface area contributed by atoms with E-state index in [1.807, 2.05) is 55.5 Å². The smallest absolute Gasteiger partial charge is 0.126 e. The van der Waals surface area contributed by atoms with Gasteiger partial charge in [-0.3, -0.25) is 0 Å². The van der Waals surface area contributed by atoms with Crippen LogP contribution in [0.1, 0.15) is 23.1 Å². The predicted molar refractivity (Wildman–Crippen MR) is 81.2 cm³/mol. The van der Waals surface area contributed by atoms with Gasteiger partial charge in [-0.15, -0.1) is 0 Å². The molecule has 3 rings (SSSR count). The summed E-state index contributed by atoms with van der Waals surface area (Å²) in [6.45, 7) is 1.88. The molecule has 4 nitrogen and oxygen atoms in total. The first-order valence-corrected chi connectivity index (χ1v) is 6.49. The molecule has 1 atom stereocenters. The van der Waals surface area contributed by atoms with Crippen LogP contribution in [0.25, 0.3) is 10.9 Å². The van der Waals surface area contributed by atoms with Gasteiger partial charge in [0, 0.05) is 11.1 Å². The highest BCUT2D eigenvalue weighted by molar-refractivity contribution is 5.81. The second kappa shape index (κ2) is 4.90. The molecule has 20 heavy (non-hydrogen) atoms. The van der Waals surface area contributed by atoms with E-state index in [1.54, 1.807) is 0 Å². The van der Waals surface area contributed by atoms with Crippen molar-refractivity contribution in [3.63, 3.8) is 0 Å². The topological polar surface area (TPSA) is 77.8 Å². The van der Waals surface area contributed by atoms with Gasteiger partial charge in [0.25, 0.3) is 0 Å². The average molecular weight is 264 g/mol. The van der Waals surface area contributed by atoms with E-state index in [-0.39, 0.29) is 6.04 Å². The fourth-order valence-electron chi connectivity index (χ4n) is 2.32. The minimum atomic E-state index is -0.290. The summed E-state index contributed by atoms with van der Waals surface area (Å²) in [5.74, 6) is 0.726. The number of fused-ring (bicyclic) bond motifs is 1. The molecule has 0 saturated heterocycles. The number of rotatable bonds is 2. The molecule has 1 aromatic heterocycles. The Labute approximate surface area is 117 Å². The van der Waals surface area contributed by atoms with Crippen LogP contribution in [0, 0.1) is 6.92 Å². The lowest BCUT2D eigenvalue weighted by atomic mass is 10.0. The zero-order chi connectivity index (χ0) is 14.1. The lowest BCUT2D eigenvalue weighted by Gasteiger charge is -2.14. The van der Waals surface area contributed by atoms with Gasteiger partial charge in [-0.2, -0.15) is 0 Å². The Hall–Kier alpha value is -2.46. The largest absolute Gasteiger partial charge is 0.399 e. The minimum absolute atomic E-state index is 0.290. The molecule has 0 aliphatic rings. The number of hydrogen-bond acceptors (Lipinski definition) is 4. The van der Waals surface area contributed by atoms with E-state index in [0.717, 1.165) is 33.7 Å². The monoisotopic (exact) mass is 264 g/mol. The number of aryl methyl sites for hydroxylation is 1. The fraction of sp³-hybridized carbons (Fsp3) is 0.125. The number of para-hydroxylation sites is 1. The van der Waals surface area contributed by atoms with Crippen LogP contribution in [0.15, 0.2) is 48.5 Å². The highest BCUT2D eigenvalue weighted by atomic mass is 14.9. The van der Waals surface area contributed by atoms with Crippen LogP contribution >= 0.6 is 0 Å². The molecule has 0 aliphatic heterocycles. The second-order valence-corrected chi connectivity index (χ2v) is 4.82. The van der Waals surface area contributed by atoms with Crippen LogP contribution in [-0.4, -0.2) is 9.97 Å². The molecule has 1 heterocycles. The van der Waals surface area contributed by atoms with E-state index in [1.165, 1.54) is 0 Å². The van der Waals surface area contributed by atoms with Gasteiger partial charge in [0.1, 0.15) is 5.82 Å². The molecule has 100 valence electrons. The zero-order valence-corrected chi connectivity index (χ0v) is 11.2. The Kier molecular flexibility index (Phi) is 3.08. The Morgan fingerprint density at radius 3 is 2.40 bits per heavy atom. The third kappa shape index (κ3) is 2.21. The highest BCUT2D eigenvalue weighted by Crippen LogP contribution is 2.25. The van der Waals surface area contributed by atoms with Crippen molar-refractivity contribution in [3.05, 3.63) is 65.6 Å². The van der Waals surface area contributed by atoms with Gasteiger partial charge >= 0.3 is 0 Å². The summed E-state index contributed by atoms with van der Waals surface area (Å²) in [5.41, 5.74) is 15.6. The quantitative estimate of drug-likeness (QED) is 0.697. The van der Waals surface area contributed by atoms with Gasteiger partial charge in [-0.1, -0.05) is 30.3 Å². The Morgan fingerprint density at radius 1 is 0.950 bits per heavy atom. The number of hydrogen-bond donors (Lipinski definition) is 2. The van der Waals surface area contributed by atoms with Crippen molar-refractivity contribution >= 4 is 16.6 Å². The highest BCUT2D eigenvalue weighted by Gasteiger charge is 2.15. The Bertz CT molecular complexity index is 750. The number of nitrogens with two attached hydrogens (primary N) is 2. The third-order valence-corrected chi connectivity index (χ3v) is 3.33. The molecule has 2 aromatic carbocycles. The molecule has 0 amide bonds. The molecule has 0 fully saturated rings. The Morgan fingerprint density at radius 2 is 1.65 bits per heavy atom. The van der Waals surface area contributed by atoms with E-state index in [9.17, 15) is 0 Å². The molecule has 0 bridgehead atoms. The Balaban J connectivity index is 2.15. The van der Waals surface area contributed by atoms with Crippen molar-refractivity contribution in [3.8, 4) is 0 Å². The zero-order valence-electron chi connectivity index (χ0n) is 11.2. The molecule has 1 unspecified atom stereocenters. The number of aromatic nitrogens is 2. The minimum Gasteiger partial charge on any atom is -0.399 e. The number of anilines is 1. The number of benzene rings is 2. The van der Waals surface area contributed by atoms with E-state index in [2.05, 4.69) is 9.97 Å². The van der Waals surface area contributed by atoms with Crippen molar-refractivity contribution in [2.75, 3.05) is 5.73 Å². The van der Waals surface area contributed by atoms with Gasteiger partial charge in [0.15, 0.2) is 0 Å². The van der Waals surface area contributed by atoms with Gasteiger partial charge in [0.2, 0.25) is 0 Å². The van der Waals surface area contributed by atoms with Crippen molar-refractivity contribution in [2.45, 2.75) is 13.0 Å². The lowest BCUT2D eigenvalue weighted by Crippen LogP contribution is -2.15. The van der Waals surface area contributed by atoms with Crippen LogP contribution in [0.5, 0.6) is 0 Å². The van der Waals surface area contributed by atoms with Crippen LogP contribution in [-0.2, 0) is 0 Å². The molecular weight excluding hydrogens is 248 g/mol. The SMILES string of the molecule is Cc1nc(C(N)c2ccc(N)cc2)c2ccccc2n1. The summed E-state index contributed by atoms with van der Waals surface area (Å²) in [4.78, 5) is 8.97. The van der Waals surface area contributed by atoms with E-state index >= 15 is 0 Å². The maximum absolute atomic E-state index is 6.37. The molecule has 0 saturated carbocycles. The molecular formula is C16H16N4. The van der Waals surface area contributed by atoms with Gasteiger partial charge in [0.05, 0.1) is 17.3 Å². The molecule has 4 N–H and O–H groups in total. The number of nitrogen functional groups attached to an aromatic ring is 1. The van der Waals surface area contributed by atoms with Crippen LogP contribution < -0.4 is 11.5 Å². The maximum atomic E-state index is 6.37. The summed E-state index contributed by atoms with van der Waals surface area (Å²) in [5, 5.41) is 0.988. The van der Waals surface area contributed by atoms with Crippen LogP contribution in [0.2, 0.25) is 0 Å². The average Bonchev–Trinajstić information content (AvgIpc) is 2.46. The van der Waals surface area contributed by atoms with Gasteiger partial charge in [-0.25, -0.2) is 9.97 Å². The maximum Gasteiger partial charge on any atom is 0.126 e. The van der Waals surface area contributed by atoms with Crippen molar-refractivity contribution in [1.29, 1.82) is 0 Å². The second-order valence-electron chi connectivity index (χ2n) is 4.82. The summed E-state index contributed by atoms with van der Waals surface area (Å²) in [6, 6.07) is 15.2. The van der Waals surface area contributed by atoms with Crippen molar-refractivity contribution < 1.29 is 0 Å². The summed E-state index contributed by atoms with van der Waals surface area (Å²) in [7, 11) is 0. The summed E-state index contributed by atoms with van der Waals surface area (Å²) in [6.07, 6.45) is 0. The first-order valence-electron chi connectivity index (χ1n) is 6.49. The van der Waals surface area contributed by atoms with Crippen molar-refractivity contribution in [1.82, 2.24) is 9.97 Å². The molecule has 0 spiro atoms. The number of nitrogens with zero attached hydrogens (tertiary/aromatic N) is 2. The normalized spacial score (nSPS) is 12.5. The summed E-state index contributed by atoms with van der Waals surface area (Å²) < 4.78 is 0. The van der Waals surface area contributed by atoms with E-state index in [4.69, 9.17) is 11.5 Å². The van der Waals surface area contributed by atoms with E-state index < -0.39 is 0 Å².